The van der Waals surface area contributed by atoms with Crippen LogP contribution < -0.4 is 11.2 Å². The number of aromatic nitrogens is 2. The lowest BCUT2D eigenvalue weighted by Crippen LogP contribution is -2.49. The third kappa shape index (κ3) is 5.58. The number of carbonyl (C=O) groups excluding carboxylic acids is 1. The number of nitrogens with one attached hydrogen (secondary N) is 1. The van der Waals surface area contributed by atoms with E-state index in [0.717, 1.165) is 17.2 Å². The molecule has 1 aromatic heterocycles. The fraction of sp³-hybridized carbons (Fsp3) is 0.400. The molecule has 0 saturated heterocycles. The molecule has 0 aliphatic carbocycles. The molecule has 0 fully saturated rings. The first kappa shape index (κ1) is 22.4. The Hall–Kier alpha value is -2.85. The first-order valence-electron chi connectivity index (χ1n) is 8.79. The standard InChI is InChI=1S/C20H24N4O4S/c1-19(2,21)10-6-5-7-15-8-9-17-16(13-15)14-24(22-17)12-11-20(3,18(25)23-26)29(4,27)28/h8-9,13-14,26H,11-12,21H2,1-4H3,(H,23,25). The summed E-state index contributed by atoms with van der Waals surface area (Å²) < 4.78 is 23.9. The minimum atomic E-state index is -3.76. The molecule has 4 N–H and O–H groups in total. The smallest absolute Gasteiger partial charge is 0.264 e. The second-order valence-corrected chi connectivity index (χ2v) is 10.0. The molecule has 0 aliphatic rings. The predicted octanol–water partition coefficient (Wildman–Crippen LogP) is 0.827. The van der Waals surface area contributed by atoms with Crippen molar-refractivity contribution in [1.82, 2.24) is 15.3 Å². The van der Waals surface area contributed by atoms with E-state index in [1.807, 2.05) is 12.1 Å². The fourth-order valence-corrected chi connectivity index (χ4v) is 3.32. The van der Waals surface area contributed by atoms with Gasteiger partial charge in [0.15, 0.2) is 14.6 Å². The summed E-state index contributed by atoms with van der Waals surface area (Å²) in [6.45, 7) is 5.03. The molecule has 2 aromatic rings. The predicted molar refractivity (Wildman–Crippen MR) is 110 cm³/mol. The van der Waals surface area contributed by atoms with Crippen molar-refractivity contribution in [2.24, 2.45) is 5.73 Å². The van der Waals surface area contributed by atoms with Gasteiger partial charge in [-0.1, -0.05) is 11.8 Å². The minimum Gasteiger partial charge on any atom is -0.316 e. The van der Waals surface area contributed by atoms with Gasteiger partial charge in [0.05, 0.1) is 11.1 Å². The number of hydrogen-bond donors (Lipinski definition) is 3. The number of amides is 1. The van der Waals surface area contributed by atoms with Crippen LogP contribution in [0.1, 0.15) is 32.8 Å². The van der Waals surface area contributed by atoms with Crippen LogP contribution in [-0.2, 0) is 21.2 Å². The summed E-state index contributed by atoms with van der Waals surface area (Å²) in [5, 5.41) is 14.1. The lowest BCUT2D eigenvalue weighted by atomic mass is 10.1. The zero-order valence-corrected chi connectivity index (χ0v) is 17.6. The number of nitrogens with zero attached hydrogens (tertiary/aromatic N) is 2. The summed E-state index contributed by atoms with van der Waals surface area (Å²) in [6.07, 6.45) is 2.65. The molecule has 8 nitrogen and oxygen atoms in total. The molecule has 1 atom stereocenters. The molecule has 0 bridgehead atoms. The lowest BCUT2D eigenvalue weighted by molar-refractivity contribution is -0.131. The lowest BCUT2D eigenvalue weighted by Gasteiger charge is -2.24. The van der Waals surface area contributed by atoms with Crippen molar-refractivity contribution >= 4 is 26.6 Å². The number of benzene rings is 1. The fourth-order valence-electron chi connectivity index (χ4n) is 2.48. The van der Waals surface area contributed by atoms with Crippen molar-refractivity contribution < 1.29 is 18.4 Å². The summed E-state index contributed by atoms with van der Waals surface area (Å²) in [5.74, 6) is 10.3. The molecule has 9 heteroatoms. The first-order valence-corrected chi connectivity index (χ1v) is 10.7. The maximum atomic E-state index is 12.0. The highest BCUT2D eigenvalue weighted by atomic mass is 32.2. The van der Waals surface area contributed by atoms with Gasteiger partial charge in [-0.3, -0.25) is 14.7 Å². The van der Waals surface area contributed by atoms with Gasteiger partial charge in [-0.25, -0.2) is 13.9 Å². The van der Waals surface area contributed by atoms with Crippen LogP contribution in [0.4, 0.5) is 0 Å². The van der Waals surface area contributed by atoms with Crippen LogP contribution >= 0.6 is 0 Å². The Bertz CT molecular complexity index is 1150. The van der Waals surface area contributed by atoms with Crippen LogP contribution in [-0.4, -0.2) is 45.9 Å². The van der Waals surface area contributed by atoms with E-state index in [4.69, 9.17) is 10.9 Å². The van der Waals surface area contributed by atoms with Gasteiger partial charge in [-0.2, -0.15) is 5.10 Å². The first-order chi connectivity index (χ1) is 13.4. The topological polar surface area (TPSA) is 127 Å². The van der Waals surface area contributed by atoms with E-state index in [0.29, 0.717) is 5.52 Å². The summed E-state index contributed by atoms with van der Waals surface area (Å²) in [7, 11) is -3.76. The van der Waals surface area contributed by atoms with Gasteiger partial charge in [0, 0.05) is 29.9 Å². The molecule has 1 unspecified atom stereocenters. The highest BCUT2D eigenvalue weighted by Crippen LogP contribution is 2.23. The summed E-state index contributed by atoms with van der Waals surface area (Å²) in [5.41, 5.74) is 8.06. The van der Waals surface area contributed by atoms with Crippen molar-refractivity contribution in [3.63, 3.8) is 0 Å². The van der Waals surface area contributed by atoms with Gasteiger partial charge < -0.3 is 5.73 Å². The number of hydrogen-bond acceptors (Lipinski definition) is 6. The normalized spacial score (nSPS) is 13.6. The number of hydroxylamine groups is 1. The average molecular weight is 417 g/mol. The highest BCUT2D eigenvalue weighted by molar-refractivity contribution is 7.92. The van der Waals surface area contributed by atoms with Crippen LogP contribution in [0, 0.1) is 23.7 Å². The molecule has 0 aliphatic heterocycles. The second-order valence-electron chi connectivity index (χ2n) is 7.58. The van der Waals surface area contributed by atoms with E-state index in [-0.39, 0.29) is 13.0 Å². The molecule has 0 radical (unpaired) electrons. The maximum absolute atomic E-state index is 12.0. The van der Waals surface area contributed by atoms with E-state index in [1.165, 1.54) is 12.4 Å². The van der Waals surface area contributed by atoms with Gasteiger partial charge in [0.2, 0.25) is 0 Å². The molecular weight excluding hydrogens is 392 g/mol. The molecule has 1 aromatic carbocycles. The minimum absolute atomic E-state index is 0.0522. The van der Waals surface area contributed by atoms with Crippen molar-refractivity contribution in [2.75, 3.05) is 6.26 Å². The highest BCUT2D eigenvalue weighted by Gasteiger charge is 2.43. The maximum Gasteiger partial charge on any atom is 0.264 e. The van der Waals surface area contributed by atoms with E-state index < -0.39 is 26.0 Å². The molecule has 0 spiro atoms. The summed E-state index contributed by atoms with van der Waals surface area (Å²) in [4.78, 5) is 11.9. The van der Waals surface area contributed by atoms with Crippen LogP contribution in [0.15, 0.2) is 24.4 Å². The Morgan fingerprint density at radius 2 is 2.00 bits per heavy atom. The second kappa shape index (κ2) is 8.26. The van der Waals surface area contributed by atoms with Gasteiger partial charge in [-0.05, 0) is 57.2 Å². The molecule has 0 saturated carbocycles. The molecule has 1 amide bonds. The van der Waals surface area contributed by atoms with Crippen LogP contribution in [0.3, 0.4) is 0 Å². The third-order valence-corrected chi connectivity index (χ3v) is 6.45. The number of fused-ring (bicyclic) bond motifs is 1. The molecule has 154 valence electrons. The Kier molecular flexibility index (Phi) is 6.39. The van der Waals surface area contributed by atoms with Gasteiger partial charge >= 0.3 is 0 Å². The largest absolute Gasteiger partial charge is 0.316 e. The monoisotopic (exact) mass is 416 g/mol. The molecular formula is C20H24N4O4S. The van der Waals surface area contributed by atoms with Crippen LogP contribution in [0.25, 0.3) is 10.9 Å². The average Bonchev–Trinajstić information content (AvgIpc) is 3.03. The van der Waals surface area contributed by atoms with Gasteiger partial charge in [0.1, 0.15) is 0 Å². The van der Waals surface area contributed by atoms with Crippen molar-refractivity contribution in [3.05, 3.63) is 30.0 Å². The van der Waals surface area contributed by atoms with E-state index in [9.17, 15) is 13.2 Å². The van der Waals surface area contributed by atoms with E-state index in [1.54, 1.807) is 30.8 Å². The zero-order chi connectivity index (χ0) is 21.9. The number of nitrogens with two attached hydrogens (primary N) is 1. The van der Waals surface area contributed by atoms with E-state index >= 15 is 0 Å². The number of carbonyl (C=O) groups is 1. The van der Waals surface area contributed by atoms with Crippen molar-refractivity contribution in [2.45, 2.75) is 44.0 Å². The number of aryl methyl sites for hydroxylation is 1. The summed E-state index contributed by atoms with van der Waals surface area (Å²) in [6, 6.07) is 5.45. The van der Waals surface area contributed by atoms with Crippen LogP contribution in [0.5, 0.6) is 0 Å². The zero-order valence-electron chi connectivity index (χ0n) is 16.8. The van der Waals surface area contributed by atoms with Gasteiger partial charge in [0.25, 0.3) is 5.91 Å². The third-order valence-electron chi connectivity index (χ3n) is 4.42. The molecule has 2 rings (SSSR count). The van der Waals surface area contributed by atoms with Crippen molar-refractivity contribution in [1.29, 1.82) is 0 Å². The summed E-state index contributed by atoms with van der Waals surface area (Å²) >= 11 is 0. The Labute approximate surface area is 170 Å². The molecule has 1 heterocycles. The Balaban J connectivity index is 2.23. The SMILES string of the molecule is CC(C)(N)C#CC#Cc1ccc2nn(CCC(C)(C(=O)NO)S(C)(=O)=O)cc2c1. The molecule has 29 heavy (non-hydrogen) atoms. The van der Waals surface area contributed by atoms with Crippen LogP contribution in [0.2, 0.25) is 0 Å². The Morgan fingerprint density at radius 3 is 2.59 bits per heavy atom. The van der Waals surface area contributed by atoms with Gasteiger partial charge in [-0.15, -0.1) is 0 Å². The Morgan fingerprint density at radius 1 is 1.31 bits per heavy atom. The quantitative estimate of drug-likeness (QED) is 0.376. The van der Waals surface area contributed by atoms with E-state index in [2.05, 4.69) is 28.8 Å². The van der Waals surface area contributed by atoms with Crippen molar-refractivity contribution in [3.8, 4) is 23.7 Å². The number of sulfone groups is 1. The number of rotatable bonds is 5.